The first-order valence-electron chi connectivity index (χ1n) is 8.33. The zero-order valence-corrected chi connectivity index (χ0v) is 14.6. The molecule has 0 saturated carbocycles. The van der Waals surface area contributed by atoms with Gasteiger partial charge in [0.05, 0.1) is 17.9 Å². The van der Waals surface area contributed by atoms with Gasteiger partial charge in [0, 0.05) is 13.6 Å². The van der Waals surface area contributed by atoms with E-state index >= 15 is 0 Å². The Morgan fingerprint density at radius 3 is 2.42 bits per heavy atom. The van der Waals surface area contributed by atoms with Crippen LogP contribution in [0.4, 0.5) is 5.69 Å². The predicted molar refractivity (Wildman–Crippen MR) is 92.8 cm³/mol. The predicted octanol–water partition coefficient (Wildman–Crippen LogP) is 2.84. The molecule has 0 aliphatic carbocycles. The molecule has 0 radical (unpaired) electrons. The lowest BCUT2D eigenvalue weighted by molar-refractivity contribution is -0.142. The summed E-state index contributed by atoms with van der Waals surface area (Å²) in [6.45, 7) is 4.86. The van der Waals surface area contributed by atoms with Gasteiger partial charge in [-0.1, -0.05) is 38.8 Å². The molecular formula is C18H26N2O4. The lowest BCUT2D eigenvalue weighted by atomic mass is 10.1. The second-order valence-electron chi connectivity index (χ2n) is 5.57. The SMILES string of the molecule is CCCCOC(=O)c1ccccc1NC(=O)C(=O)N(C)CCCC. The molecule has 0 atom stereocenters. The first-order chi connectivity index (χ1) is 11.5. The van der Waals surface area contributed by atoms with Crippen LogP contribution in [0.3, 0.4) is 0 Å². The minimum atomic E-state index is -0.762. The number of hydrogen-bond acceptors (Lipinski definition) is 4. The summed E-state index contributed by atoms with van der Waals surface area (Å²) in [4.78, 5) is 37.6. The van der Waals surface area contributed by atoms with Crippen LogP contribution in [0, 0.1) is 0 Å². The molecule has 0 spiro atoms. The lowest BCUT2D eigenvalue weighted by Crippen LogP contribution is -2.37. The normalized spacial score (nSPS) is 10.1. The van der Waals surface area contributed by atoms with Crippen LogP contribution in [0.1, 0.15) is 49.9 Å². The van der Waals surface area contributed by atoms with Crippen molar-refractivity contribution in [1.29, 1.82) is 0 Å². The Bertz CT molecular complexity index is 572. The fourth-order valence-electron chi connectivity index (χ4n) is 2.00. The number of nitrogens with one attached hydrogen (secondary N) is 1. The van der Waals surface area contributed by atoms with Crippen LogP contribution in [0.5, 0.6) is 0 Å². The Balaban J connectivity index is 2.75. The highest BCUT2D eigenvalue weighted by molar-refractivity contribution is 6.39. The number of ether oxygens (including phenoxy) is 1. The van der Waals surface area contributed by atoms with E-state index in [1.54, 1.807) is 31.3 Å². The van der Waals surface area contributed by atoms with Gasteiger partial charge in [0.2, 0.25) is 0 Å². The van der Waals surface area contributed by atoms with Gasteiger partial charge in [0.25, 0.3) is 0 Å². The van der Waals surface area contributed by atoms with Crippen molar-refractivity contribution in [3.05, 3.63) is 29.8 Å². The summed E-state index contributed by atoms with van der Waals surface area (Å²) in [5.74, 6) is -1.90. The van der Waals surface area contributed by atoms with E-state index in [2.05, 4.69) is 5.32 Å². The quantitative estimate of drug-likeness (QED) is 0.450. The summed E-state index contributed by atoms with van der Waals surface area (Å²) in [7, 11) is 1.59. The van der Waals surface area contributed by atoms with Gasteiger partial charge in [-0.25, -0.2) is 4.79 Å². The molecule has 0 saturated heterocycles. The Kier molecular flexibility index (Phi) is 8.54. The van der Waals surface area contributed by atoms with Crippen molar-refractivity contribution in [2.45, 2.75) is 39.5 Å². The molecule has 1 aromatic rings. The number of anilines is 1. The Morgan fingerprint density at radius 1 is 1.08 bits per heavy atom. The minimum absolute atomic E-state index is 0.242. The first kappa shape index (κ1) is 19.7. The standard InChI is InChI=1S/C18H26N2O4/c1-4-6-12-20(3)17(22)16(21)19-15-11-9-8-10-14(15)18(23)24-13-7-5-2/h8-11H,4-7,12-13H2,1-3H3,(H,19,21). The van der Waals surface area contributed by atoms with E-state index in [9.17, 15) is 14.4 Å². The van der Waals surface area contributed by atoms with E-state index in [4.69, 9.17) is 4.74 Å². The van der Waals surface area contributed by atoms with Gasteiger partial charge in [-0.3, -0.25) is 9.59 Å². The summed E-state index contributed by atoms with van der Waals surface area (Å²) < 4.78 is 5.17. The molecule has 0 aromatic heterocycles. The van der Waals surface area contributed by atoms with E-state index in [0.29, 0.717) is 13.2 Å². The largest absolute Gasteiger partial charge is 0.462 e. The van der Waals surface area contributed by atoms with Gasteiger partial charge >= 0.3 is 17.8 Å². The van der Waals surface area contributed by atoms with Gasteiger partial charge in [0.15, 0.2) is 0 Å². The molecule has 0 bridgehead atoms. The van der Waals surface area contributed by atoms with Crippen molar-refractivity contribution in [2.24, 2.45) is 0 Å². The molecule has 24 heavy (non-hydrogen) atoms. The van der Waals surface area contributed by atoms with E-state index < -0.39 is 17.8 Å². The van der Waals surface area contributed by atoms with Crippen LogP contribution < -0.4 is 5.32 Å². The van der Waals surface area contributed by atoms with Crippen molar-refractivity contribution >= 4 is 23.5 Å². The number of esters is 1. The second-order valence-corrected chi connectivity index (χ2v) is 5.57. The number of benzene rings is 1. The maximum Gasteiger partial charge on any atom is 0.340 e. The maximum atomic E-state index is 12.1. The smallest absolute Gasteiger partial charge is 0.340 e. The summed E-state index contributed by atoms with van der Waals surface area (Å²) in [5.41, 5.74) is 0.521. The zero-order chi connectivity index (χ0) is 17.9. The third-order valence-corrected chi connectivity index (χ3v) is 3.51. The number of rotatable bonds is 8. The molecule has 1 rings (SSSR count). The minimum Gasteiger partial charge on any atom is -0.462 e. The summed E-state index contributed by atoms with van der Waals surface area (Å²) in [6, 6.07) is 6.51. The number of amides is 2. The van der Waals surface area contributed by atoms with Crippen molar-refractivity contribution < 1.29 is 19.1 Å². The van der Waals surface area contributed by atoms with Crippen molar-refractivity contribution in [3.63, 3.8) is 0 Å². The summed E-state index contributed by atoms with van der Waals surface area (Å²) in [5, 5.41) is 2.51. The number of hydrogen-bond donors (Lipinski definition) is 1. The highest BCUT2D eigenvalue weighted by Crippen LogP contribution is 2.16. The molecule has 6 heteroatoms. The number of carbonyl (C=O) groups excluding carboxylic acids is 3. The number of nitrogens with zero attached hydrogens (tertiary/aromatic N) is 1. The number of para-hydroxylation sites is 1. The molecule has 1 aromatic carbocycles. The Morgan fingerprint density at radius 2 is 1.75 bits per heavy atom. The molecule has 6 nitrogen and oxygen atoms in total. The lowest BCUT2D eigenvalue weighted by Gasteiger charge is -2.16. The molecule has 1 N–H and O–H groups in total. The highest BCUT2D eigenvalue weighted by atomic mass is 16.5. The zero-order valence-electron chi connectivity index (χ0n) is 14.6. The maximum absolute atomic E-state index is 12.1. The van der Waals surface area contributed by atoms with Crippen molar-refractivity contribution in [1.82, 2.24) is 4.90 Å². The first-order valence-corrected chi connectivity index (χ1v) is 8.33. The van der Waals surface area contributed by atoms with E-state index in [-0.39, 0.29) is 11.3 Å². The van der Waals surface area contributed by atoms with Crippen molar-refractivity contribution in [2.75, 3.05) is 25.5 Å². The van der Waals surface area contributed by atoms with Gasteiger partial charge in [-0.2, -0.15) is 0 Å². The van der Waals surface area contributed by atoms with Gasteiger partial charge < -0.3 is 15.0 Å². The fourth-order valence-corrected chi connectivity index (χ4v) is 2.00. The number of carbonyl (C=O) groups is 3. The summed E-state index contributed by atoms with van der Waals surface area (Å²) in [6.07, 6.45) is 3.47. The molecule has 0 fully saturated rings. The molecule has 0 aliphatic rings. The van der Waals surface area contributed by atoms with Crippen LogP contribution in [0.15, 0.2) is 24.3 Å². The molecule has 0 aliphatic heterocycles. The molecule has 0 unspecified atom stereocenters. The van der Waals surface area contributed by atoms with Crippen LogP contribution in [-0.4, -0.2) is 42.9 Å². The van der Waals surface area contributed by atoms with Crippen LogP contribution in [0.25, 0.3) is 0 Å². The highest BCUT2D eigenvalue weighted by Gasteiger charge is 2.21. The van der Waals surface area contributed by atoms with Crippen LogP contribution in [-0.2, 0) is 14.3 Å². The monoisotopic (exact) mass is 334 g/mol. The van der Waals surface area contributed by atoms with Crippen LogP contribution in [0.2, 0.25) is 0 Å². The molecule has 132 valence electrons. The van der Waals surface area contributed by atoms with E-state index in [1.807, 2.05) is 13.8 Å². The second kappa shape index (κ2) is 10.4. The average Bonchev–Trinajstić information content (AvgIpc) is 2.59. The van der Waals surface area contributed by atoms with Gasteiger partial charge in [-0.05, 0) is 25.0 Å². The Labute approximate surface area is 143 Å². The number of unbranched alkanes of at least 4 members (excludes halogenated alkanes) is 2. The average molecular weight is 334 g/mol. The van der Waals surface area contributed by atoms with Crippen LogP contribution >= 0.6 is 0 Å². The summed E-state index contributed by atoms with van der Waals surface area (Å²) >= 11 is 0. The van der Waals surface area contributed by atoms with E-state index in [1.165, 1.54) is 4.90 Å². The number of likely N-dealkylation sites (N-methyl/N-ethyl adjacent to an activating group) is 1. The third-order valence-electron chi connectivity index (χ3n) is 3.51. The topological polar surface area (TPSA) is 75.7 Å². The van der Waals surface area contributed by atoms with Gasteiger partial charge in [0.1, 0.15) is 0 Å². The Hall–Kier alpha value is -2.37. The fraction of sp³-hybridized carbons (Fsp3) is 0.500. The molecular weight excluding hydrogens is 308 g/mol. The van der Waals surface area contributed by atoms with Crippen molar-refractivity contribution in [3.8, 4) is 0 Å². The molecule has 2 amide bonds. The molecule has 0 heterocycles. The van der Waals surface area contributed by atoms with Gasteiger partial charge in [-0.15, -0.1) is 0 Å². The third kappa shape index (κ3) is 6.02. The van der Waals surface area contributed by atoms with E-state index in [0.717, 1.165) is 25.7 Å².